The van der Waals surface area contributed by atoms with Crippen molar-refractivity contribution < 1.29 is 14.6 Å². The molecule has 1 N–H and O–H groups in total. The second-order valence-electron chi connectivity index (χ2n) is 2.24. The lowest BCUT2D eigenvalue weighted by Gasteiger charge is -1.97. The summed E-state index contributed by atoms with van der Waals surface area (Å²) in [6, 6.07) is 0. The van der Waals surface area contributed by atoms with Crippen molar-refractivity contribution in [2.24, 2.45) is 0 Å². The van der Waals surface area contributed by atoms with E-state index in [1.807, 2.05) is 0 Å². The van der Waals surface area contributed by atoms with Crippen molar-refractivity contribution in [2.45, 2.75) is 19.8 Å². The molecule has 0 bridgehead atoms. The molecule has 0 aliphatic rings. The van der Waals surface area contributed by atoms with Crippen LogP contribution in [0.1, 0.15) is 19.8 Å². The van der Waals surface area contributed by atoms with Crippen molar-refractivity contribution >= 4 is 5.97 Å². The van der Waals surface area contributed by atoms with E-state index in [-0.39, 0.29) is 12.6 Å². The predicted molar refractivity (Wildman–Crippen MR) is 42.1 cm³/mol. The summed E-state index contributed by atoms with van der Waals surface area (Å²) in [5, 5.41) is 8.43. The average Bonchev–Trinajstić information content (AvgIpc) is 2.03. The Morgan fingerprint density at radius 3 is 2.73 bits per heavy atom. The lowest BCUT2D eigenvalue weighted by molar-refractivity contribution is -0.136. The molecule has 3 nitrogen and oxygen atoms in total. The van der Waals surface area contributed by atoms with Crippen LogP contribution in [0, 0.1) is 0 Å². The van der Waals surface area contributed by atoms with Gasteiger partial charge in [0.25, 0.3) is 0 Å². The maximum Gasteiger partial charge on any atom is 0.333 e. The number of unbranched alkanes of at least 4 members (excludes halogenated alkanes) is 1. The Kier molecular flexibility index (Phi) is 5.47. The van der Waals surface area contributed by atoms with Crippen molar-refractivity contribution in [1.29, 1.82) is 0 Å². The van der Waals surface area contributed by atoms with Gasteiger partial charge in [-0.15, -0.1) is 0 Å². The maximum atomic E-state index is 10.8. The zero-order valence-electron chi connectivity index (χ0n) is 6.96. The van der Waals surface area contributed by atoms with Gasteiger partial charge in [-0.1, -0.05) is 6.08 Å². The highest BCUT2D eigenvalue weighted by atomic mass is 16.5. The first-order valence-electron chi connectivity index (χ1n) is 3.58. The van der Waals surface area contributed by atoms with Crippen molar-refractivity contribution in [3.05, 3.63) is 11.6 Å². The summed E-state index contributed by atoms with van der Waals surface area (Å²) in [6.45, 7) is 1.86. The Bertz CT molecular complexity index is 149. The number of rotatable bonds is 4. The number of hydrogen-bond donors (Lipinski definition) is 1. The maximum absolute atomic E-state index is 10.8. The van der Waals surface area contributed by atoms with E-state index in [0.29, 0.717) is 12.0 Å². The van der Waals surface area contributed by atoms with Crippen molar-refractivity contribution in [2.75, 3.05) is 13.7 Å². The first kappa shape index (κ1) is 10.2. The van der Waals surface area contributed by atoms with E-state index >= 15 is 0 Å². The number of methoxy groups -OCH3 is 1. The van der Waals surface area contributed by atoms with E-state index < -0.39 is 0 Å². The van der Waals surface area contributed by atoms with E-state index in [9.17, 15) is 4.79 Å². The van der Waals surface area contributed by atoms with Gasteiger partial charge in [0.2, 0.25) is 0 Å². The third kappa shape index (κ3) is 4.56. The van der Waals surface area contributed by atoms with Crippen LogP contribution in [0.5, 0.6) is 0 Å². The zero-order chi connectivity index (χ0) is 8.69. The van der Waals surface area contributed by atoms with Gasteiger partial charge < -0.3 is 9.84 Å². The summed E-state index contributed by atoms with van der Waals surface area (Å²) in [5.41, 5.74) is 0.598. The highest BCUT2D eigenvalue weighted by Crippen LogP contribution is 1.99. The fraction of sp³-hybridized carbons (Fsp3) is 0.625. The quantitative estimate of drug-likeness (QED) is 0.375. The molecule has 0 aliphatic heterocycles. The molecule has 0 spiro atoms. The smallest absolute Gasteiger partial charge is 0.333 e. The van der Waals surface area contributed by atoms with Crippen molar-refractivity contribution in [3.63, 3.8) is 0 Å². The van der Waals surface area contributed by atoms with Gasteiger partial charge in [0.15, 0.2) is 0 Å². The first-order chi connectivity index (χ1) is 5.22. The molecule has 0 rings (SSSR count). The van der Waals surface area contributed by atoms with Crippen LogP contribution in [0.4, 0.5) is 0 Å². The molecule has 0 aliphatic carbocycles. The monoisotopic (exact) mass is 158 g/mol. The fourth-order valence-corrected chi connectivity index (χ4v) is 0.654. The van der Waals surface area contributed by atoms with Gasteiger partial charge >= 0.3 is 5.97 Å². The molecule has 0 radical (unpaired) electrons. The van der Waals surface area contributed by atoms with Gasteiger partial charge in [0.1, 0.15) is 0 Å². The van der Waals surface area contributed by atoms with Crippen LogP contribution in [0.2, 0.25) is 0 Å². The number of ether oxygens (including phenoxy) is 1. The average molecular weight is 158 g/mol. The molecule has 0 unspecified atom stereocenters. The van der Waals surface area contributed by atoms with Crippen LogP contribution in [0.3, 0.4) is 0 Å². The van der Waals surface area contributed by atoms with E-state index in [1.54, 1.807) is 13.0 Å². The molecule has 64 valence electrons. The molecule has 0 fully saturated rings. The minimum Gasteiger partial charge on any atom is -0.466 e. The Labute approximate surface area is 66.7 Å². The van der Waals surface area contributed by atoms with Crippen LogP contribution >= 0.6 is 0 Å². The van der Waals surface area contributed by atoms with Gasteiger partial charge in [-0.05, 0) is 19.8 Å². The van der Waals surface area contributed by atoms with Gasteiger partial charge in [-0.25, -0.2) is 4.79 Å². The Hall–Kier alpha value is -0.830. The van der Waals surface area contributed by atoms with Crippen molar-refractivity contribution in [1.82, 2.24) is 0 Å². The van der Waals surface area contributed by atoms with E-state index in [0.717, 1.165) is 6.42 Å². The third-order valence-corrected chi connectivity index (χ3v) is 1.32. The minimum atomic E-state index is -0.303. The van der Waals surface area contributed by atoms with Gasteiger partial charge in [0.05, 0.1) is 7.11 Å². The molecule has 0 aromatic carbocycles. The lowest BCUT2D eigenvalue weighted by atomic mass is 10.2. The largest absolute Gasteiger partial charge is 0.466 e. The highest BCUT2D eigenvalue weighted by Gasteiger charge is 2.00. The van der Waals surface area contributed by atoms with Crippen molar-refractivity contribution in [3.8, 4) is 0 Å². The van der Waals surface area contributed by atoms with Gasteiger partial charge in [0, 0.05) is 12.2 Å². The second kappa shape index (κ2) is 5.92. The SMILES string of the molecule is COC(=O)C(C)=CCCCO. The molecule has 0 aromatic heterocycles. The number of aliphatic hydroxyl groups excluding tert-OH is 1. The molecule has 3 heteroatoms. The standard InChI is InChI=1S/C8H14O3/c1-7(8(10)11-2)5-3-4-6-9/h5,9H,3-4,6H2,1-2H3. The Morgan fingerprint density at radius 2 is 2.27 bits per heavy atom. The molecule has 0 amide bonds. The summed E-state index contributed by atoms with van der Waals surface area (Å²) in [4.78, 5) is 10.8. The van der Waals surface area contributed by atoms with E-state index in [4.69, 9.17) is 5.11 Å². The number of esters is 1. The molecule has 0 heterocycles. The van der Waals surface area contributed by atoms with Gasteiger partial charge in [-0.2, -0.15) is 0 Å². The van der Waals surface area contributed by atoms with Crippen LogP contribution < -0.4 is 0 Å². The summed E-state index contributed by atoms with van der Waals surface area (Å²) in [5.74, 6) is -0.303. The normalized spacial score (nSPS) is 11.4. The summed E-state index contributed by atoms with van der Waals surface area (Å²) in [6.07, 6.45) is 3.17. The topological polar surface area (TPSA) is 46.5 Å². The van der Waals surface area contributed by atoms with E-state index in [2.05, 4.69) is 4.74 Å². The number of carbonyl (C=O) groups is 1. The summed E-state index contributed by atoms with van der Waals surface area (Å²) >= 11 is 0. The molecule has 11 heavy (non-hydrogen) atoms. The molecule has 0 saturated carbocycles. The lowest BCUT2D eigenvalue weighted by Crippen LogP contribution is -2.01. The fourth-order valence-electron chi connectivity index (χ4n) is 0.654. The zero-order valence-corrected chi connectivity index (χ0v) is 6.96. The Morgan fingerprint density at radius 1 is 1.64 bits per heavy atom. The predicted octanol–water partition coefficient (Wildman–Crippen LogP) is 0.878. The second-order valence-corrected chi connectivity index (χ2v) is 2.24. The minimum absolute atomic E-state index is 0.158. The molecular formula is C8H14O3. The molecule has 0 aromatic rings. The Balaban J connectivity index is 3.71. The van der Waals surface area contributed by atoms with E-state index in [1.165, 1.54) is 7.11 Å². The number of hydrogen-bond acceptors (Lipinski definition) is 3. The van der Waals surface area contributed by atoms with Gasteiger partial charge in [-0.3, -0.25) is 0 Å². The van der Waals surface area contributed by atoms with Crippen LogP contribution in [-0.2, 0) is 9.53 Å². The highest BCUT2D eigenvalue weighted by molar-refractivity contribution is 5.87. The summed E-state index contributed by atoms with van der Waals surface area (Å²) in [7, 11) is 1.35. The number of carbonyl (C=O) groups excluding carboxylic acids is 1. The molecular weight excluding hydrogens is 144 g/mol. The van der Waals surface area contributed by atoms with Crippen LogP contribution in [-0.4, -0.2) is 24.8 Å². The van der Waals surface area contributed by atoms with Crippen LogP contribution in [0.25, 0.3) is 0 Å². The molecule has 0 atom stereocenters. The molecule has 0 saturated heterocycles. The number of allylic oxidation sites excluding steroid dienone is 1. The third-order valence-electron chi connectivity index (χ3n) is 1.32. The number of aliphatic hydroxyl groups is 1. The summed E-state index contributed by atoms with van der Waals surface area (Å²) < 4.78 is 4.47. The first-order valence-corrected chi connectivity index (χ1v) is 3.58. The van der Waals surface area contributed by atoms with Crippen LogP contribution in [0.15, 0.2) is 11.6 Å².